The van der Waals surface area contributed by atoms with Gasteiger partial charge in [-0.2, -0.15) is 0 Å². The molecule has 0 aliphatic carbocycles. The monoisotopic (exact) mass is 355 g/mol. The lowest BCUT2D eigenvalue weighted by Crippen LogP contribution is -2.23. The molecule has 0 amide bonds. The predicted molar refractivity (Wildman–Crippen MR) is 111 cm³/mol. The largest absolute Gasteiger partial charge is 0.493 e. The van der Waals surface area contributed by atoms with Crippen LogP contribution in [-0.2, 0) is 0 Å². The highest BCUT2D eigenvalue weighted by molar-refractivity contribution is 5.48. The maximum Gasteiger partial charge on any atom is 0.123 e. The Bertz CT molecular complexity index is 669. The van der Waals surface area contributed by atoms with Gasteiger partial charge in [0, 0.05) is 11.8 Å². The summed E-state index contributed by atoms with van der Waals surface area (Å²) in [5.74, 6) is 2.91. The van der Waals surface area contributed by atoms with Crippen LogP contribution in [0.1, 0.15) is 52.5 Å². The van der Waals surface area contributed by atoms with E-state index in [2.05, 4.69) is 64.2 Å². The van der Waals surface area contributed by atoms with Gasteiger partial charge in [-0.3, -0.25) is 0 Å². The van der Waals surface area contributed by atoms with Crippen LogP contribution in [-0.4, -0.2) is 19.3 Å². The molecule has 2 rings (SSSR count). The van der Waals surface area contributed by atoms with E-state index < -0.39 is 0 Å². The third-order valence-corrected chi connectivity index (χ3v) is 4.40. The zero-order valence-electron chi connectivity index (χ0n) is 16.8. The van der Waals surface area contributed by atoms with E-state index in [1.165, 1.54) is 5.56 Å². The highest BCUT2D eigenvalue weighted by Gasteiger charge is 2.12. The molecule has 2 aromatic carbocycles. The minimum atomic E-state index is 0.0699. The van der Waals surface area contributed by atoms with Crippen LogP contribution in [0.2, 0.25) is 0 Å². The SMILES string of the molecule is CCC(C)c1ccccc1OC(C)CNc1cccc(OCC(C)C)c1. The van der Waals surface area contributed by atoms with E-state index in [4.69, 9.17) is 9.47 Å². The molecule has 3 heteroatoms. The Labute approximate surface area is 158 Å². The standard InChI is InChI=1S/C23H33NO2/c1-6-18(4)22-12-7-8-13-23(22)26-19(5)15-24-20-10-9-11-21(14-20)25-16-17(2)3/h7-14,17-19,24H,6,15-16H2,1-5H3. The second-order valence-electron chi connectivity index (χ2n) is 7.39. The number of anilines is 1. The Morgan fingerprint density at radius 2 is 1.73 bits per heavy atom. The van der Waals surface area contributed by atoms with Gasteiger partial charge < -0.3 is 14.8 Å². The first kappa shape index (κ1) is 20.2. The number of ether oxygens (including phenoxy) is 2. The molecule has 0 aliphatic heterocycles. The van der Waals surface area contributed by atoms with Gasteiger partial charge in [-0.1, -0.05) is 52.0 Å². The molecule has 0 bridgehead atoms. The molecule has 0 radical (unpaired) electrons. The molecule has 0 saturated heterocycles. The van der Waals surface area contributed by atoms with Crippen molar-refractivity contribution in [2.24, 2.45) is 5.92 Å². The lowest BCUT2D eigenvalue weighted by Gasteiger charge is -2.21. The third-order valence-electron chi connectivity index (χ3n) is 4.40. The lowest BCUT2D eigenvalue weighted by atomic mass is 9.98. The molecule has 2 atom stereocenters. The van der Waals surface area contributed by atoms with Crippen molar-refractivity contribution in [1.82, 2.24) is 0 Å². The average Bonchev–Trinajstić information content (AvgIpc) is 2.65. The molecule has 3 nitrogen and oxygen atoms in total. The molecule has 26 heavy (non-hydrogen) atoms. The van der Waals surface area contributed by atoms with Crippen LogP contribution in [0.3, 0.4) is 0 Å². The second-order valence-corrected chi connectivity index (χ2v) is 7.39. The molecular weight excluding hydrogens is 322 g/mol. The Kier molecular flexibility index (Phi) is 7.83. The summed E-state index contributed by atoms with van der Waals surface area (Å²) in [6, 6.07) is 16.5. The zero-order valence-corrected chi connectivity index (χ0v) is 16.8. The van der Waals surface area contributed by atoms with Gasteiger partial charge in [0.1, 0.15) is 17.6 Å². The summed E-state index contributed by atoms with van der Waals surface area (Å²) >= 11 is 0. The number of hydrogen-bond acceptors (Lipinski definition) is 3. The number of rotatable bonds is 10. The summed E-state index contributed by atoms with van der Waals surface area (Å²) < 4.78 is 12.0. The molecule has 0 fully saturated rings. The van der Waals surface area contributed by atoms with Crippen molar-refractivity contribution in [1.29, 1.82) is 0 Å². The summed E-state index contributed by atoms with van der Waals surface area (Å²) in [6.07, 6.45) is 1.18. The molecule has 2 unspecified atom stereocenters. The van der Waals surface area contributed by atoms with Crippen LogP contribution < -0.4 is 14.8 Å². The minimum Gasteiger partial charge on any atom is -0.493 e. The van der Waals surface area contributed by atoms with Crippen molar-refractivity contribution in [3.05, 3.63) is 54.1 Å². The quantitative estimate of drug-likeness (QED) is 0.557. The summed E-state index contributed by atoms with van der Waals surface area (Å²) in [5, 5.41) is 3.45. The van der Waals surface area contributed by atoms with Crippen molar-refractivity contribution in [3.8, 4) is 11.5 Å². The number of benzene rings is 2. The van der Waals surface area contributed by atoms with E-state index >= 15 is 0 Å². The Morgan fingerprint density at radius 3 is 2.46 bits per heavy atom. The van der Waals surface area contributed by atoms with Crippen LogP contribution in [0.15, 0.2) is 48.5 Å². The van der Waals surface area contributed by atoms with Gasteiger partial charge in [0.15, 0.2) is 0 Å². The predicted octanol–water partition coefficient (Wildman–Crippen LogP) is 6.11. The van der Waals surface area contributed by atoms with Gasteiger partial charge in [-0.05, 0) is 48.9 Å². The highest BCUT2D eigenvalue weighted by Crippen LogP contribution is 2.29. The number of nitrogens with one attached hydrogen (secondary N) is 1. The minimum absolute atomic E-state index is 0.0699. The van der Waals surface area contributed by atoms with E-state index in [1.54, 1.807) is 0 Å². The third kappa shape index (κ3) is 6.29. The van der Waals surface area contributed by atoms with Crippen molar-refractivity contribution < 1.29 is 9.47 Å². The molecular formula is C23H33NO2. The van der Waals surface area contributed by atoms with E-state index in [9.17, 15) is 0 Å². The number of para-hydroxylation sites is 1. The van der Waals surface area contributed by atoms with Gasteiger partial charge in [0.2, 0.25) is 0 Å². The first-order chi connectivity index (χ1) is 12.5. The van der Waals surface area contributed by atoms with Gasteiger partial charge in [-0.25, -0.2) is 0 Å². The number of hydrogen-bond donors (Lipinski definition) is 1. The first-order valence-electron chi connectivity index (χ1n) is 9.71. The molecule has 0 spiro atoms. The van der Waals surface area contributed by atoms with E-state index in [0.29, 0.717) is 11.8 Å². The van der Waals surface area contributed by atoms with Crippen LogP contribution in [0.4, 0.5) is 5.69 Å². The summed E-state index contributed by atoms with van der Waals surface area (Å²) in [5.41, 5.74) is 2.34. The van der Waals surface area contributed by atoms with Gasteiger partial charge in [0.05, 0.1) is 13.2 Å². The summed E-state index contributed by atoms with van der Waals surface area (Å²) in [7, 11) is 0. The average molecular weight is 356 g/mol. The molecule has 0 heterocycles. The van der Waals surface area contributed by atoms with Crippen LogP contribution in [0, 0.1) is 5.92 Å². The highest BCUT2D eigenvalue weighted by atomic mass is 16.5. The van der Waals surface area contributed by atoms with E-state index in [1.807, 2.05) is 24.3 Å². The molecule has 1 N–H and O–H groups in total. The fraction of sp³-hybridized carbons (Fsp3) is 0.478. The molecule has 0 aromatic heterocycles. The molecule has 0 saturated carbocycles. The molecule has 142 valence electrons. The van der Waals surface area contributed by atoms with E-state index in [0.717, 1.165) is 36.8 Å². The van der Waals surface area contributed by atoms with Crippen molar-refractivity contribution >= 4 is 5.69 Å². The topological polar surface area (TPSA) is 30.5 Å². The van der Waals surface area contributed by atoms with Crippen molar-refractivity contribution in [2.45, 2.75) is 53.1 Å². The van der Waals surface area contributed by atoms with Crippen molar-refractivity contribution in [3.63, 3.8) is 0 Å². The maximum absolute atomic E-state index is 6.21. The fourth-order valence-electron chi connectivity index (χ4n) is 2.69. The fourth-order valence-corrected chi connectivity index (χ4v) is 2.69. The van der Waals surface area contributed by atoms with Gasteiger partial charge >= 0.3 is 0 Å². The lowest BCUT2D eigenvalue weighted by molar-refractivity contribution is 0.231. The maximum atomic E-state index is 6.21. The first-order valence-corrected chi connectivity index (χ1v) is 9.71. The van der Waals surface area contributed by atoms with Crippen molar-refractivity contribution in [2.75, 3.05) is 18.5 Å². The Morgan fingerprint density at radius 1 is 0.962 bits per heavy atom. The van der Waals surface area contributed by atoms with Crippen LogP contribution in [0.25, 0.3) is 0 Å². The normalized spacial score (nSPS) is 13.3. The summed E-state index contributed by atoms with van der Waals surface area (Å²) in [6.45, 7) is 12.3. The van der Waals surface area contributed by atoms with Gasteiger partial charge in [-0.15, -0.1) is 0 Å². The zero-order chi connectivity index (χ0) is 18.9. The Balaban J connectivity index is 1.91. The van der Waals surface area contributed by atoms with E-state index in [-0.39, 0.29) is 6.10 Å². The molecule has 2 aromatic rings. The second kappa shape index (κ2) is 10.1. The molecule has 0 aliphatic rings. The summed E-state index contributed by atoms with van der Waals surface area (Å²) in [4.78, 5) is 0. The van der Waals surface area contributed by atoms with Crippen LogP contribution in [0.5, 0.6) is 11.5 Å². The Hall–Kier alpha value is -2.16. The van der Waals surface area contributed by atoms with Gasteiger partial charge in [0.25, 0.3) is 0 Å². The smallest absolute Gasteiger partial charge is 0.123 e. The van der Waals surface area contributed by atoms with Crippen LogP contribution >= 0.6 is 0 Å².